The van der Waals surface area contributed by atoms with E-state index in [2.05, 4.69) is 21.5 Å². The zero-order chi connectivity index (χ0) is 21.1. The van der Waals surface area contributed by atoms with Gasteiger partial charge in [0.2, 0.25) is 5.91 Å². The molecule has 2 aromatic carbocycles. The molecule has 0 aliphatic rings. The van der Waals surface area contributed by atoms with E-state index in [0.29, 0.717) is 0 Å². The lowest BCUT2D eigenvalue weighted by molar-refractivity contribution is -0.113. The molecule has 0 unspecified atom stereocenters. The number of amides is 1. The summed E-state index contributed by atoms with van der Waals surface area (Å²) in [7, 11) is 1.64. The summed E-state index contributed by atoms with van der Waals surface area (Å²) in [5.74, 6) is 1.00. The van der Waals surface area contributed by atoms with Crippen molar-refractivity contribution in [2.24, 2.45) is 0 Å². The highest BCUT2D eigenvalue weighted by atomic mass is 32.2. The minimum absolute atomic E-state index is 0.0642. The number of carbonyl (C=O) groups excluding carboxylic acids is 1. The quantitative estimate of drug-likeness (QED) is 0.458. The fraction of sp³-hybridized carbons (Fsp3) is 0.174. The van der Waals surface area contributed by atoms with Crippen LogP contribution in [0.3, 0.4) is 0 Å². The van der Waals surface area contributed by atoms with Crippen LogP contribution in [-0.2, 0) is 4.79 Å². The van der Waals surface area contributed by atoms with Crippen molar-refractivity contribution in [2.45, 2.75) is 18.9 Å². The van der Waals surface area contributed by atoms with E-state index in [1.807, 2.05) is 62.5 Å². The first kappa shape index (κ1) is 20.0. The molecule has 0 aliphatic heterocycles. The van der Waals surface area contributed by atoms with Crippen molar-refractivity contribution in [3.63, 3.8) is 0 Å². The Morgan fingerprint density at radius 1 is 1.13 bits per heavy atom. The lowest BCUT2D eigenvalue weighted by Gasteiger charge is -2.09. The Morgan fingerprint density at radius 3 is 2.67 bits per heavy atom. The number of anilines is 1. The molecular formula is C23H22N4O2S. The molecule has 4 aromatic rings. The van der Waals surface area contributed by atoms with Gasteiger partial charge in [-0.3, -0.25) is 4.79 Å². The van der Waals surface area contributed by atoms with Crippen molar-refractivity contribution < 1.29 is 9.53 Å². The number of ether oxygens (including phenoxy) is 1. The number of fused-ring (bicyclic) bond motifs is 1. The van der Waals surface area contributed by atoms with Crippen LogP contribution in [0.1, 0.15) is 11.1 Å². The Kier molecular flexibility index (Phi) is 5.72. The number of aryl methyl sites for hydroxylation is 2. The predicted molar refractivity (Wildman–Crippen MR) is 120 cm³/mol. The molecule has 2 aromatic heterocycles. The van der Waals surface area contributed by atoms with Gasteiger partial charge < -0.3 is 10.1 Å². The van der Waals surface area contributed by atoms with E-state index >= 15 is 0 Å². The first-order valence-electron chi connectivity index (χ1n) is 9.52. The van der Waals surface area contributed by atoms with Gasteiger partial charge in [-0.25, -0.2) is 9.50 Å². The number of benzene rings is 2. The molecule has 0 bridgehead atoms. The number of thioether (sulfide) groups is 1. The molecule has 2 heterocycles. The van der Waals surface area contributed by atoms with Gasteiger partial charge in [0.25, 0.3) is 0 Å². The third-order valence-electron chi connectivity index (χ3n) is 4.74. The number of methoxy groups -OCH3 is 1. The SMILES string of the molecule is COc1ccc(-c2cc3c(SCC(=O)Nc4ccc(C)cc4C)nccn3n2)cc1. The predicted octanol–water partition coefficient (Wildman–Crippen LogP) is 4.75. The van der Waals surface area contributed by atoms with Crippen molar-refractivity contribution in [3.8, 4) is 17.0 Å². The second-order valence-corrected chi connectivity index (χ2v) is 7.94. The third kappa shape index (κ3) is 4.31. The first-order chi connectivity index (χ1) is 14.5. The van der Waals surface area contributed by atoms with Gasteiger partial charge in [-0.1, -0.05) is 29.5 Å². The number of rotatable bonds is 6. The van der Waals surface area contributed by atoms with E-state index < -0.39 is 0 Å². The maximum Gasteiger partial charge on any atom is 0.234 e. The van der Waals surface area contributed by atoms with Crippen molar-refractivity contribution in [3.05, 3.63) is 72.1 Å². The highest BCUT2D eigenvalue weighted by molar-refractivity contribution is 8.00. The summed E-state index contributed by atoms with van der Waals surface area (Å²) in [5, 5.41) is 8.38. The van der Waals surface area contributed by atoms with Crippen LogP contribution in [0.25, 0.3) is 16.8 Å². The van der Waals surface area contributed by atoms with E-state index in [1.54, 1.807) is 17.8 Å². The Labute approximate surface area is 179 Å². The summed E-state index contributed by atoms with van der Waals surface area (Å²) in [6.45, 7) is 4.03. The maximum absolute atomic E-state index is 12.5. The minimum atomic E-state index is -0.0642. The summed E-state index contributed by atoms with van der Waals surface area (Å²) < 4.78 is 7.00. The summed E-state index contributed by atoms with van der Waals surface area (Å²) >= 11 is 1.40. The van der Waals surface area contributed by atoms with E-state index in [4.69, 9.17) is 4.74 Å². The van der Waals surface area contributed by atoms with Gasteiger partial charge in [0.1, 0.15) is 10.8 Å². The fourth-order valence-electron chi connectivity index (χ4n) is 3.19. The monoisotopic (exact) mass is 418 g/mol. The summed E-state index contributed by atoms with van der Waals surface area (Å²) in [5.41, 5.74) is 5.75. The average Bonchev–Trinajstić information content (AvgIpc) is 3.19. The highest BCUT2D eigenvalue weighted by Crippen LogP contribution is 2.27. The van der Waals surface area contributed by atoms with Crippen LogP contribution in [0.15, 0.2) is 66.0 Å². The van der Waals surface area contributed by atoms with Crippen LogP contribution in [0.5, 0.6) is 5.75 Å². The topological polar surface area (TPSA) is 68.5 Å². The van der Waals surface area contributed by atoms with E-state index in [9.17, 15) is 4.79 Å². The van der Waals surface area contributed by atoms with Crippen molar-refractivity contribution in [2.75, 3.05) is 18.2 Å². The molecule has 0 saturated carbocycles. The Morgan fingerprint density at radius 2 is 1.93 bits per heavy atom. The molecule has 7 heteroatoms. The van der Waals surface area contributed by atoms with Crippen LogP contribution >= 0.6 is 11.8 Å². The number of nitrogens with zero attached hydrogens (tertiary/aromatic N) is 3. The number of nitrogens with one attached hydrogen (secondary N) is 1. The molecule has 6 nitrogen and oxygen atoms in total. The van der Waals surface area contributed by atoms with Gasteiger partial charge in [-0.2, -0.15) is 5.10 Å². The number of carbonyl (C=O) groups is 1. The van der Waals surface area contributed by atoms with Crippen molar-refractivity contribution in [1.29, 1.82) is 0 Å². The van der Waals surface area contributed by atoms with E-state index in [0.717, 1.165) is 38.8 Å². The molecule has 0 spiro atoms. The second-order valence-electron chi connectivity index (χ2n) is 6.98. The Balaban J connectivity index is 1.50. The van der Waals surface area contributed by atoms with Gasteiger partial charge in [0.05, 0.1) is 24.1 Å². The van der Waals surface area contributed by atoms with E-state index in [-0.39, 0.29) is 11.7 Å². The molecule has 0 aliphatic carbocycles. The smallest absolute Gasteiger partial charge is 0.234 e. The van der Waals surface area contributed by atoms with Gasteiger partial charge in [0, 0.05) is 23.6 Å². The van der Waals surface area contributed by atoms with Crippen molar-refractivity contribution >= 4 is 28.9 Å². The number of hydrogen-bond acceptors (Lipinski definition) is 5. The molecule has 0 radical (unpaired) electrons. The average molecular weight is 419 g/mol. The Bertz CT molecular complexity index is 1200. The molecular weight excluding hydrogens is 396 g/mol. The highest BCUT2D eigenvalue weighted by Gasteiger charge is 2.12. The van der Waals surface area contributed by atoms with E-state index in [1.165, 1.54) is 17.3 Å². The Hall–Kier alpha value is -3.32. The van der Waals surface area contributed by atoms with Gasteiger partial charge in [-0.05, 0) is 55.8 Å². The zero-order valence-electron chi connectivity index (χ0n) is 17.0. The van der Waals surface area contributed by atoms with Gasteiger partial charge >= 0.3 is 0 Å². The van der Waals surface area contributed by atoms with Crippen LogP contribution in [0, 0.1) is 13.8 Å². The molecule has 30 heavy (non-hydrogen) atoms. The lowest BCUT2D eigenvalue weighted by atomic mass is 10.1. The van der Waals surface area contributed by atoms with Gasteiger partial charge in [0.15, 0.2) is 0 Å². The fourth-order valence-corrected chi connectivity index (χ4v) is 3.96. The largest absolute Gasteiger partial charge is 0.497 e. The molecule has 152 valence electrons. The molecule has 1 N–H and O–H groups in total. The molecule has 0 atom stereocenters. The normalized spacial score (nSPS) is 10.9. The maximum atomic E-state index is 12.5. The lowest BCUT2D eigenvalue weighted by Crippen LogP contribution is -2.15. The number of hydrogen-bond donors (Lipinski definition) is 1. The molecule has 0 saturated heterocycles. The summed E-state index contributed by atoms with van der Waals surface area (Å²) in [6, 6.07) is 15.7. The zero-order valence-corrected chi connectivity index (χ0v) is 17.9. The van der Waals surface area contributed by atoms with Crippen LogP contribution < -0.4 is 10.1 Å². The first-order valence-corrected chi connectivity index (χ1v) is 10.5. The second kappa shape index (κ2) is 8.59. The molecule has 1 amide bonds. The number of aromatic nitrogens is 3. The van der Waals surface area contributed by atoms with Crippen LogP contribution in [-0.4, -0.2) is 33.4 Å². The third-order valence-corrected chi connectivity index (χ3v) is 5.73. The van der Waals surface area contributed by atoms with Crippen molar-refractivity contribution in [1.82, 2.24) is 14.6 Å². The molecule has 0 fully saturated rings. The van der Waals surface area contributed by atoms with Crippen LogP contribution in [0.4, 0.5) is 5.69 Å². The van der Waals surface area contributed by atoms with Gasteiger partial charge in [-0.15, -0.1) is 0 Å². The van der Waals surface area contributed by atoms with Crippen LogP contribution in [0.2, 0.25) is 0 Å². The summed E-state index contributed by atoms with van der Waals surface area (Å²) in [4.78, 5) is 16.9. The minimum Gasteiger partial charge on any atom is -0.497 e. The standard InChI is InChI=1S/C23H22N4O2S/c1-15-4-9-19(16(2)12-15)25-22(28)14-30-23-21-13-20(26-27(21)11-10-24-23)17-5-7-18(29-3)8-6-17/h4-13H,14H2,1-3H3,(H,25,28). The summed E-state index contributed by atoms with van der Waals surface area (Å²) in [6.07, 6.45) is 3.50. The molecule has 4 rings (SSSR count).